The quantitative estimate of drug-likeness (QED) is 0.449. The molecule has 5 heteroatoms. The zero-order valence-corrected chi connectivity index (χ0v) is 6.60. The van der Waals surface area contributed by atoms with Gasteiger partial charge < -0.3 is 15.2 Å². The van der Waals surface area contributed by atoms with Crippen molar-refractivity contribution in [3.8, 4) is 0 Å². The van der Waals surface area contributed by atoms with Gasteiger partial charge in [0.05, 0.1) is 0 Å². The molecule has 0 radical (unpaired) electrons. The highest BCUT2D eigenvalue weighted by Crippen LogP contribution is 2.15. The number of ether oxygens (including phenoxy) is 2. The lowest BCUT2D eigenvalue weighted by Crippen LogP contribution is -2.31. The Morgan fingerprint density at radius 1 is 1.50 bits per heavy atom. The van der Waals surface area contributed by atoms with Crippen LogP contribution in [0.5, 0.6) is 0 Å². The fraction of sp³-hybridized carbons (Fsp3) is 0.800. The second kappa shape index (κ2) is 3.17. The first-order valence-electron chi connectivity index (χ1n) is 3.05. The number of carbonyl (C=O) groups is 1. The van der Waals surface area contributed by atoms with Crippen LogP contribution < -0.4 is 5.73 Å². The summed E-state index contributed by atoms with van der Waals surface area (Å²) in [6.45, 7) is 0.324. The summed E-state index contributed by atoms with van der Waals surface area (Å²) >= 11 is 0. The third kappa shape index (κ3) is 1.39. The van der Waals surface area contributed by atoms with E-state index in [2.05, 4.69) is 9.24 Å². The third-order valence-corrected chi connectivity index (χ3v) is 1.84. The lowest BCUT2D eigenvalue weighted by Gasteiger charge is -2.09. The fourth-order valence-corrected chi connectivity index (χ4v) is 1.23. The first-order chi connectivity index (χ1) is 4.77. The average Bonchev–Trinajstić information content (AvgIpc) is 2.30. The number of hydrogen-bond acceptors (Lipinski definition) is 4. The average molecular weight is 163 g/mol. The number of carbonyl (C=O) groups excluding carboxylic acids is 1. The Morgan fingerprint density at radius 2 is 2.10 bits per heavy atom. The molecule has 0 aliphatic carbocycles. The Kier molecular flexibility index (Phi) is 2.46. The molecule has 0 aromatic carbocycles. The van der Waals surface area contributed by atoms with E-state index in [1.54, 1.807) is 0 Å². The molecule has 3 unspecified atom stereocenters. The molecule has 0 saturated carbocycles. The van der Waals surface area contributed by atoms with Crippen LogP contribution >= 0.6 is 9.24 Å². The predicted molar refractivity (Wildman–Crippen MR) is 38.8 cm³/mol. The van der Waals surface area contributed by atoms with Crippen LogP contribution in [-0.4, -0.2) is 31.1 Å². The van der Waals surface area contributed by atoms with Crippen molar-refractivity contribution in [2.45, 2.75) is 12.2 Å². The predicted octanol–water partition coefficient (Wildman–Crippen LogP) is -0.276. The molecule has 1 aliphatic rings. The van der Waals surface area contributed by atoms with Crippen LogP contribution in [0.2, 0.25) is 0 Å². The molecule has 0 spiro atoms. The summed E-state index contributed by atoms with van der Waals surface area (Å²) in [6.07, 6.45) is -0.372. The molecule has 0 amide bonds. The Bertz CT molecular complexity index is 127. The smallest absolute Gasteiger partial charge is 0.427 e. The Hall–Kier alpha value is -0.340. The Labute approximate surface area is 61.3 Å². The van der Waals surface area contributed by atoms with Gasteiger partial charge in [0.1, 0.15) is 6.10 Å². The zero-order valence-electron chi connectivity index (χ0n) is 5.45. The molecule has 2 N–H and O–H groups in total. The molecule has 3 atom stereocenters. The highest BCUT2D eigenvalue weighted by atomic mass is 31.0. The minimum absolute atomic E-state index is 0.178. The van der Waals surface area contributed by atoms with Crippen LogP contribution in [0, 0.1) is 0 Å². The van der Waals surface area contributed by atoms with E-state index in [0.717, 1.165) is 0 Å². The fourth-order valence-electron chi connectivity index (χ4n) is 0.827. The van der Waals surface area contributed by atoms with Crippen molar-refractivity contribution in [1.29, 1.82) is 0 Å². The summed E-state index contributed by atoms with van der Waals surface area (Å²) < 4.78 is 9.47. The monoisotopic (exact) mass is 163 g/mol. The van der Waals surface area contributed by atoms with Crippen molar-refractivity contribution in [1.82, 2.24) is 0 Å². The Morgan fingerprint density at radius 3 is 2.50 bits per heavy atom. The summed E-state index contributed by atoms with van der Waals surface area (Å²) in [7, 11) is 2.48. The summed E-state index contributed by atoms with van der Waals surface area (Å²) in [5, 5.41) is 0. The van der Waals surface area contributed by atoms with Crippen molar-refractivity contribution < 1.29 is 14.3 Å². The van der Waals surface area contributed by atoms with Gasteiger partial charge in [-0.2, -0.15) is 0 Å². The van der Waals surface area contributed by atoms with E-state index in [1.165, 1.54) is 0 Å². The largest absolute Gasteiger partial charge is 0.509 e. The van der Waals surface area contributed by atoms with E-state index in [0.29, 0.717) is 12.7 Å². The molecule has 1 aliphatic heterocycles. The molecule has 58 valence electrons. The van der Waals surface area contributed by atoms with E-state index < -0.39 is 6.16 Å². The van der Waals surface area contributed by atoms with Crippen molar-refractivity contribution in [3.05, 3.63) is 0 Å². The van der Waals surface area contributed by atoms with Gasteiger partial charge in [0.15, 0.2) is 6.10 Å². The Balaban J connectivity index is 2.48. The molecular formula is C5H10NO3P. The first-order valence-corrected chi connectivity index (χ1v) is 3.87. The van der Waals surface area contributed by atoms with Gasteiger partial charge in [0.2, 0.25) is 0 Å². The summed E-state index contributed by atoms with van der Waals surface area (Å²) in [6, 6.07) is 0. The van der Waals surface area contributed by atoms with Crippen LogP contribution in [-0.2, 0) is 9.47 Å². The number of nitrogens with two attached hydrogens (primary N) is 1. The SMILES string of the molecule is NCC1OC(=O)OC1CP. The van der Waals surface area contributed by atoms with Crippen LogP contribution in [0.4, 0.5) is 4.79 Å². The van der Waals surface area contributed by atoms with Gasteiger partial charge in [-0.25, -0.2) is 4.79 Å². The lowest BCUT2D eigenvalue weighted by atomic mass is 10.2. The molecule has 10 heavy (non-hydrogen) atoms. The molecule has 1 heterocycles. The first kappa shape index (κ1) is 7.76. The highest BCUT2D eigenvalue weighted by Gasteiger charge is 2.33. The zero-order chi connectivity index (χ0) is 7.56. The van der Waals surface area contributed by atoms with Crippen LogP contribution in [0.15, 0.2) is 0 Å². The number of hydrogen-bond donors (Lipinski definition) is 1. The maximum absolute atomic E-state index is 10.5. The molecule has 4 nitrogen and oxygen atoms in total. The third-order valence-electron chi connectivity index (χ3n) is 1.37. The molecule has 1 rings (SSSR count). The summed E-state index contributed by atoms with van der Waals surface area (Å²) in [5.41, 5.74) is 5.30. The molecular weight excluding hydrogens is 153 g/mol. The van der Waals surface area contributed by atoms with Crippen molar-refractivity contribution >= 4 is 15.4 Å². The summed E-state index contributed by atoms with van der Waals surface area (Å²) in [4.78, 5) is 10.5. The van der Waals surface area contributed by atoms with Crippen LogP contribution in [0.1, 0.15) is 0 Å². The topological polar surface area (TPSA) is 61.5 Å². The number of rotatable bonds is 2. The van der Waals surface area contributed by atoms with Gasteiger partial charge in [0, 0.05) is 12.7 Å². The van der Waals surface area contributed by atoms with Crippen LogP contribution in [0.3, 0.4) is 0 Å². The van der Waals surface area contributed by atoms with Gasteiger partial charge in [-0.05, 0) is 0 Å². The van der Waals surface area contributed by atoms with E-state index in [1.807, 2.05) is 0 Å². The minimum Gasteiger partial charge on any atom is -0.427 e. The van der Waals surface area contributed by atoms with Crippen molar-refractivity contribution in [2.24, 2.45) is 5.73 Å². The van der Waals surface area contributed by atoms with Crippen molar-refractivity contribution in [2.75, 3.05) is 12.7 Å². The normalized spacial score (nSPS) is 31.6. The maximum Gasteiger partial charge on any atom is 0.509 e. The second-order valence-electron chi connectivity index (χ2n) is 2.03. The molecule has 0 aromatic rings. The van der Waals surface area contributed by atoms with E-state index in [4.69, 9.17) is 15.2 Å². The van der Waals surface area contributed by atoms with Gasteiger partial charge in [-0.15, -0.1) is 9.24 Å². The van der Waals surface area contributed by atoms with E-state index in [-0.39, 0.29) is 12.2 Å². The van der Waals surface area contributed by atoms with E-state index >= 15 is 0 Å². The van der Waals surface area contributed by atoms with Gasteiger partial charge in [-0.3, -0.25) is 0 Å². The minimum atomic E-state index is -0.608. The van der Waals surface area contributed by atoms with Crippen LogP contribution in [0.25, 0.3) is 0 Å². The molecule has 1 fully saturated rings. The van der Waals surface area contributed by atoms with Gasteiger partial charge in [0.25, 0.3) is 0 Å². The second-order valence-corrected chi connectivity index (χ2v) is 2.51. The lowest BCUT2D eigenvalue weighted by molar-refractivity contribution is 0.118. The standard InChI is InChI=1S/C5H10NO3P/c6-1-3-4(2-10)9-5(7)8-3/h3-4H,1-2,6,10H2. The maximum atomic E-state index is 10.5. The molecule has 0 bridgehead atoms. The van der Waals surface area contributed by atoms with Crippen molar-refractivity contribution in [3.63, 3.8) is 0 Å². The molecule has 1 saturated heterocycles. The molecule has 0 aromatic heterocycles. The van der Waals surface area contributed by atoms with E-state index in [9.17, 15) is 4.79 Å². The number of cyclic esters (lactones) is 2. The van der Waals surface area contributed by atoms with Gasteiger partial charge >= 0.3 is 6.16 Å². The highest BCUT2D eigenvalue weighted by molar-refractivity contribution is 7.16. The van der Waals surface area contributed by atoms with Gasteiger partial charge in [-0.1, -0.05) is 0 Å². The summed E-state index contributed by atoms with van der Waals surface area (Å²) in [5.74, 6) is 0.